The van der Waals surface area contributed by atoms with Gasteiger partial charge in [0.15, 0.2) is 0 Å². The lowest BCUT2D eigenvalue weighted by atomic mass is 10.1. The summed E-state index contributed by atoms with van der Waals surface area (Å²) >= 11 is 1.85. The van der Waals surface area contributed by atoms with Crippen molar-refractivity contribution >= 4 is 17.4 Å². The molecule has 1 aromatic heterocycles. The van der Waals surface area contributed by atoms with Crippen molar-refractivity contribution < 1.29 is 0 Å². The fourth-order valence-electron chi connectivity index (χ4n) is 2.12. The maximum Gasteiger partial charge on any atom is 0.141 e. The fourth-order valence-corrected chi connectivity index (χ4v) is 3.24. The predicted octanol–water partition coefficient (Wildman–Crippen LogP) is 3.23. The Hall–Kier alpha value is -1.27. The topological polar surface area (TPSA) is 35.8 Å². The van der Waals surface area contributed by atoms with Crippen LogP contribution >= 0.6 is 11.3 Å². The first-order valence-electron chi connectivity index (χ1n) is 5.81. The van der Waals surface area contributed by atoms with Crippen LogP contribution in [-0.2, 0) is 6.42 Å². The lowest BCUT2D eigenvalue weighted by molar-refractivity contribution is 0.730. The van der Waals surface area contributed by atoms with Gasteiger partial charge < -0.3 is 5.32 Å². The summed E-state index contributed by atoms with van der Waals surface area (Å²) in [4.78, 5) is 2.70. The van der Waals surface area contributed by atoms with E-state index in [-0.39, 0.29) is 6.04 Å². The Morgan fingerprint density at radius 3 is 3.12 bits per heavy atom. The SMILES string of the molecule is N#CC1NC=Cc2sc(CCC3CC3)cc21. The van der Waals surface area contributed by atoms with Gasteiger partial charge in [-0.25, -0.2) is 0 Å². The summed E-state index contributed by atoms with van der Waals surface area (Å²) in [6.07, 6.45) is 9.33. The van der Waals surface area contributed by atoms with Gasteiger partial charge in [0.2, 0.25) is 0 Å². The minimum absolute atomic E-state index is 0.147. The zero-order valence-electron chi connectivity index (χ0n) is 9.07. The number of fused-ring (bicyclic) bond motifs is 1. The number of hydrogen-bond donors (Lipinski definition) is 1. The summed E-state index contributed by atoms with van der Waals surface area (Å²) in [7, 11) is 0. The highest BCUT2D eigenvalue weighted by Gasteiger charge is 2.23. The molecule has 0 amide bonds. The molecule has 1 N–H and O–H groups in total. The molecule has 1 aliphatic carbocycles. The standard InChI is InChI=1S/C13H14N2S/c14-8-12-11-7-10(4-3-9-1-2-9)16-13(11)5-6-15-12/h5-7,9,12,15H,1-4H2. The first-order valence-corrected chi connectivity index (χ1v) is 6.63. The van der Waals surface area contributed by atoms with E-state index in [4.69, 9.17) is 5.26 Å². The molecule has 2 heterocycles. The minimum Gasteiger partial charge on any atom is -0.372 e. The molecule has 0 radical (unpaired) electrons. The van der Waals surface area contributed by atoms with E-state index in [1.54, 1.807) is 0 Å². The molecule has 16 heavy (non-hydrogen) atoms. The van der Waals surface area contributed by atoms with Crippen LogP contribution in [0, 0.1) is 17.2 Å². The van der Waals surface area contributed by atoms with E-state index in [9.17, 15) is 0 Å². The van der Waals surface area contributed by atoms with Gasteiger partial charge >= 0.3 is 0 Å². The summed E-state index contributed by atoms with van der Waals surface area (Å²) in [6, 6.07) is 4.36. The number of hydrogen-bond acceptors (Lipinski definition) is 3. The summed E-state index contributed by atoms with van der Waals surface area (Å²) in [5, 5.41) is 12.1. The largest absolute Gasteiger partial charge is 0.372 e. The van der Waals surface area contributed by atoms with Crippen molar-refractivity contribution in [1.29, 1.82) is 5.26 Å². The van der Waals surface area contributed by atoms with Crippen LogP contribution < -0.4 is 5.32 Å². The third kappa shape index (κ3) is 1.85. The Bertz CT molecular complexity index is 463. The van der Waals surface area contributed by atoms with Gasteiger partial charge in [0.25, 0.3) is 0 Å². The first-order chi connectivity index (χ1) is 7.86. The molecule has 1 unspecified atom stereocenters. The molecule has 1 atom stereocenters. The van der Waals surface area contributed by atoms with Crippen LogP contribution in [0.4, 0.5) is 0 Å². The van der Waals surface area contributed by atoms with Crippen LogP contribution in [0.25, 0.3) is 6.08 Å². The van der Waals surface area contributed by atoms with Crippen molar-refractivity contribution in [2.45, 2.75) is 31.7 Å². The summed E-state index contributed by atoms with van der Waals surface area (Å²) < 4.78 is 0. The van der Waals surface area contributed by atoms with Crippen molar-refractivity contribution in [2.24, 2.45) is 5.92 Å². The number of rotatable bonds is 3. The Kier molecular flexibility index (Phi) is 2.45. The van der Waals surface area contributed by atoms with Gasteiger partial charge in [-0.05, 0) is 37.1 Å². The molecule has 1 saturated carbocycles. The molecule has 82 valence electrons. The molecule has 1 fully saturated rings. The highest BCUT2D eigenvalue weighted by Crippen LogP contribution is 2.36. The van der Waals surface area contributed by atoms with Gasteiger partial charge in [-0.2, -0.15) is 5.26 Å². The number of aryl methyl sites for hydroxylation is 1. The molecule has 1 aromatic rings. The van der Waals surface area contributed by atoms with Crippen molar-refractivity contribution in [3.8, 4) is 6.07 Å². The van der Waals surface area contributed by atoms with Gasteiger partial charge in [0.1, 0.15) is 6.04 Å². The molecule has 1 aliphatic heterocycles. The van der Waals surface area contributed by atoms with Gasteiger partial charge in [-0.1, -0.05) is 12.8 Å². The third-order valence-corrected chi connectivity index (χ3v) is 4.45. The van der Waals surface area contributed by atoms with E-state index in [0.29, 0.717) is 0 Å². The second kappa shape index (κ2) is 3.95. The molecule has 0 aromatic carbocycles. The van der Waals surface area contributed by atoms with Crippen molar-refractivity contribution in [2.75, 3.05) is 0 Å². The van der Waals surface area contributed by atoms with E-state index < -0.39 is 0 Å². The van der Waals surface area contributed by atoms with Gasteiger partial charge in [-0.15, -0.1) is 11.3 Å². The molecule has 2 nitrogen and oxygen atoms in total. The van der Waals surface area contributed by atoms with Gasteiger partial charge in [-0.3, -0.25) is 0 Å². The fraction of sp³-hybridized carbons (Fsp3) is 0.462. The van der Waals surface area contributed by atoms with Crippen LogP contribution in [-0.4, -0.2) is 0 Å². The molecular formula is C13H14N2S. The van der Waals surface area contributed by atoms with Gasteiger partial charge in [0, 0.05) is 15.3 Å². The smallest absolute Gasteiger partial charge is 0.141 e. The molecule has 0 saturated heterocycles. The molecule has 2 aliphatic rings. The zero-order chi connectivity index (χ0) is 11.0. The number of nitrogens with one attached hydrogen (secondary N) is 1. The normalized spacial score (nSPS) is 22.3. The molecule has 0 bridgehead atoms. The number of thiophene rings is 1. The van der Waals surface area contributed by atoms with E-state index in [2.05, 4.69) is 23.5 Å². The maximum absolute atomic E-state index is 9.03. The molecular weight excluding hydrogens is 216 g/mol. The Balaban J connectivity index is 1.79. The number of nitriles is 1. The van der Waals surface area contributed by atoms with Crippen LogP contribution in [0.1, 0.15) is 40.6 Å². The molecule has 0 spiro atoms. The number of nitrogens with zero attached hydrogens (tertiary/aromatic N) is 1. The van der Waals surface area contributed by atoms with E-state index in [1.807, 2.05) is 17.5 Å². The average Bonchev–Trinajstić information content (AvgIpc) is 3.04. The monoisotopic (exact) mass is 230 g/mol. The van der Waals surface area contributed by atoms with Gasteiger partial charge in [0.05, 0.1) is 6.07 Å². The Morgan fingerprint density at radius 2 is 2.38 bits per heavy atom. The quantitative estimate of drug-likeness (QED) is 0.865. The van der Waals surface area contributed by atoms with E-state index in [0.717, 1.165) is 5.92 Å². The lowest BCUT2D eigenvalue weighted by Gasteiger charge is -2.12. The third-order valence-electron chi connectivity index (χ3n) is 3.28. The second-order valence-corrected chi connectivity index (χ2v) is 5.74. The molecule has 3 heteroatoms. The highest BCUT2D eigenvalue weighted by molar-refractivity contribution is 7.13. The summed E-state index contributed by atoms with van der Waals surface area (Å²) in [5.41, 5.74) is 1.17. The molecule has 3 rings (SSSR count). The van der Waals surface area contributed by atoms with Crippen LogP contribution in [0.5, 0.6) is 0 Å². The Morgan fingerprint density at radius 1 is 1.50 bits per heavy atom. The van der Waals surface area contributed by atoms with Crippen LogP contribution in [0.3, 0.4) is 0 Å². The van der Waals surface area contributed by atoms with E-state index in [1.165, 1.54) is 41.0 Å². The highest BCUT2D eigenvalue weighted by atomic mass is 32.1. The lowest BCUT2D eigenvalue weighted by Crippen LogP contribution is -2.16. The maximum atomic E-state index is 9.03. The van der Waals surface area contributed by atoms with Crippen molar-refractivity contribution in [3.63, 3.8) is 0 Å². The van der Waals surface area contributed by atoms with Crippen molar-refractivity contribution in [3.05, 3.63) is 27.6 Å². The van der Waals surface area contributed by atoms with Crippen LogP contribution in [0.15, 0.2) is 12.3 Å². The van der Waals surface area contributed by atoms with Crippen molar-refractivity contribution in [1.82, 2.24) is 5.32 Å². The predicted molar refractivity (Wildman–Crippen MR) is 65.9 cm³/mol. The summed E-state index contributed by atoms with van der Waals surface area (Å²) in [5.74, 6) is 0.986. The Labute approximate surface area is 99.6 Å². The average molecular weight is 230 g/mol. The van der Waals surface area contributed by atoms with E-state index >= 15 is 0 Å². The van der Waals surface area contributed by atoms with Crippen LogP contribution in [0.2, 0.25) is 0 Å². The zero-order valence-corrected chi connectivity index (χ0v) is 9.89. The summed E-state index contributed by atoms with van der Waals surface area (Å²) in [6.45, 7) is 0. The minimum atomic E-state index is -0.147. The second-order valence-electron chi connectivity index (χ2n) is 4.58. The first kappa shape index (κ1) is 9.92.